The van der Waals surface area contributed by atoms with Gasteiger partial charge < -0.3 is 29.6 Å². The maximum atomic E-state index is 10.5. The lowest BCUT2D eigenvalue weighted by molar-refractivity contribution is -0.148. The fraction of sp³-hybridized carbons (Fsp3) is 0.875. The number of ether oxygens (including phenoxy) is 2. The van der Waals surface area contributed by atoms with Crippen LogP contribution in [0.15, 0.2) is 0 Å². The number of aldehydes is 1. The molecule has 0 rings (SSSR count). The van der Waals surface area contributed by atoms with E-state index in [2.05, 4.69) is 0 Å². The quantitative estimate of drug-likeness (QED) is 0.416. The maximum Gasteiger partial charge on any atom is 0.151 e. The molecule has 0 aliphatic rings. The number of aliphatic hydroxyl groups excluding tert-OH is 3. The number of hydrogen-bond acceptors (Lipinski definition) is 6. The zero-order valence-electron chi connectivity index (χ0n) is 8.16. The predicted molar refractivity (Wildman–Crippen MR) is 46.8 cm³/mol. The molecular formula is C8H16O6. The highest BCUT2D eigenvalue weighted by molar-refractivity contribution is 5.57. The SMILES string of the molecule is CO[C@@H]([C@@H](O)[C@H](O)CO)[C@H](C=O)OC. The third-order valence-electron chi connectivity index (χ3n) is 1.92. The van der Waals surface area contributed by atoms with Crippen LogP contribution in [0.5, 0.6) is 0 Å². The molecular weight excluding hydrogens is 192 g/mol. The molecule has 3 N–H and O–H groups in total. The Balaban J connectivity index is 4.44. The summed E-state index contributed by atoms with van der Waals surface area (Å²) in [5.74, 6) is 0. The minimum absolute atomic E-state index is 0.460. The molecule has 0 saturated carbocycles. The van der Waals surface area contributed by atoms with Crippen molar-refractivity contribution in [3.63, 3.8) is 0 Å². The molecule has 4 atom stereocenters. The number of rotatable bonds is 7. The molecule has 6 heteroatoms. The van der Waals surface area contributed by atoms with E-state index in [-0.39, 0.29) is 0 Å². The molecule has 0 amide bonds. The van der Waals surface area contributed by atoms with Crippen LogP contribution in [-0.4, -0.2) is 66.8 Å². The van der Waals surface area contributed by atoms with Gasteiger partial charge in [-0.25, -0.2) is 0 Å². The summed E-state index contributed by atoms with van der Waals surface area (Å²) >= 11 is 0. The summed E-state index contributed by atoms with van der Waals surface area (Å²) in [6.45, 7) is -0.615. The largest absolute Gasteiger partial charge is 0.394 e. The molecule has 0 spiro atoms. The molecule has 0 fully saturated rings. The second kappa shape index (κ2) is 6.86. The Morgan fingerprint density at radius 1 is 1.29 bits per heavy atom. The fourth-order valence-corrected chi connectivity index (χ4v) is 1.06. The highest BCUT2D eigenvalue weighted by Crippen LogP contribution is 2.09. The van der Waals surface area contributed by atoms with Gasteiger partial charge in [0.1, 0.15) is 24.4 Å². The van der Waals surface area contributed by atoms with E-state index >= 15 is 0 Å². The molecule has 0 bridgehead atoms. The van der Waals surface area contributed by atoms with Crippen molar-refractivity contribution in [2.75, 3.05) is 20.8 Å². The Labute approximate surface area is 82.1 Å². The van der Waals surface area contributed by atoms with Crippen LogP contribution in [0.1, 0.15) is 0 Å². The number of carbonyl (C=O) groups is 1. The number of hydrogen-bond donors (Lipinski definition) is 3. The van der Waals surface area contributed by atoms with Crippen LogP contribution in [0.2, 0.25) is 0 Å². The Kier molecular flexibility index (Phi) is 6.60. The van der Waals surface area contributed by atoms with Crippen molar-refractivity contribution in [2.24, 2.45) is 0 Å². The second-order valence-corrected chi connectivity index (χ2v) is 2.78. The van der Waals surface area contributed by atoms with Crippen LogP contribution in [0.3, 0.4) is 0 Å². The Morgan fingerprint density at radius 3 is 2.14 bits per heavy atom. The van der Waals surface area contributed by atoms with E-state index in [1.165, 1.54) is 14.2 Å². The molecule has 0 aliphatic carbocycles. The van der Waals surface area contributed by atoms with Gasteiger partial charge in [0.2, 0.25) is 0 Å². The van der Waals surface area contributed by atoms with Crippen molar-refractivity contribution in [1.82, 2.24) is 0 Å². The van der Waals surface area contributed by atoms with Gasteiger partial charge in [-0.15, -0.1) is 0 Å². The molecule has 14 heavy (non-hydrogen) atoms. The third kappa shape index (κ3) is 3.32. The van der Waals surface area contributed by atoms with Crippen LogP contribution in [0.4, 0.5) is 0 Å². The summed E-state index contributed by atoms with van der Waals surface area (Å²) in [4.78, 5) is 10.5. The number of carbonyl (C=O) groups excluding carboxylic acids is 1. The topological polar surface area (TPSA) is 96.2 Å². The van der Waals surface area contributed by atoms with Crippen molar-refractivity contribution in [3.05, 3.63) is 0 Å². The van der Waals surface area contributed by atoms with E-state index in [0.717, 1.165) is 0 Å². The molecule has 0 radical (unpaired) electrons. The minimum Gasteiger partial charge on any atom is -0.394 e. The van der Waals surface area contributed by atoms with Gasteiger partial charge >= 0.3 is 0 Å². The van der Waals surface area contributed by atoms with Crippen LogP contribution in [0, 0.1) is 0 Å². The summed E-state index contributed by atoms with van der Waals surface area (Å²) in [6.07, 6.45) is -4.25. The molecule has 0 aromatic rings. The van der Waals surface area contributed by atoms with Gasteiger partial charge in [-0.2, -0.15) is 0 Å². The zero-order chi connectivity index (χ0) is 11.1. The van der Waals surface area contributed by atoms with Crippen molar-refractivity contribution in [1.29, 1.82) is 0 Å². The molecule has 6 nitrogen and oxygen atoms in total. The summed E-state index contributed by atoms with van der Waals surface area (Å²) in [7, 11) is 2.55. The smallest absolute Gasteiger partial charge is 0.151 e. The second-order valence-electron chi connectivity index (χ2n) is 2.78. The normalized spacial score (nSPS) is 19.8. The fourth-order valence-electron chi connectivity index (χ4n) is 1.06. The highest BCUT2D eigenvalue weighted by Gasteiger charge is 2.32. The van der Waals surface area contributed by atoms with E-state index in [1.54, 1.807) is 0 Å². The van der Waals surface area contributed by atoms with E-state index in [9.17, 15) is 9.90 Å². The van der Waals surface area contributed by atoms with Gasteiger partial charge in [0, 0.05) is 14.2 Å². The van der Waals surface area contributed by atoms with Crippen LogP contribution in [-0.2, 0) is 14.3 Å². The first-order valence-corrected chi connectivity index (χ1v) is 4.10. The molecule has 0 unspecified atom stereocenters. The van der Waals surface area contributed by atoms with Crippen LogP contribution < -0.4 is 0 Å². The lowest BCUT2D eigenvalue weighted by atomic mass is 10.0. The van der Waals surface area contributed by atoms with Gasteiger partial charge in [-0.05, 0) is 0 Å². The average Bonchev–Trinajstić information content (AvgIpc) is 2.23. The van der Waals surface area contributed by atoms with E-state index in [1.807, 2.05) is 0 Å². The van der Waals surface area contributed by atoms with Gasteiger partial charge in [0.25, 0.3) is 0 Å². The Morgan fingerprint density at radius 2 is 1.86 bits per heavy atom. The van der Waals surface area contributed by atoms with E-state index in [4.69, 9.17) is 19.7 Å². The van der Waals surface area contributed by atoms with Crippen molar-refractivity contribution in [3.8, 4) is 0 Å². The third-order valence-corrected chi connectivity index (χ3v) is 1.92. The lowest BCUT2D eigenvalue weighted by Crippen LogP contribution is -2.48. The zero-order valence-corrected chi connectivity index (χ0v) is 8.16. The first-order chi connectivity index (χ1) is 6.62. The van der Waals surface area contributed by atoms with Crippen molar-refractivity contribution in [2.45, 2.75) is 24.4 Å². The molecule has 0 aliphatic heterocycles. The summed E-state index contributed by atoms with van der Waals surface area (Å²) in [6, 6.07) is 0. The summed E-state index contributed by atoms with van der Waals surface area (Å²) in [5, 5.41) is 27.1. The molecule has 0 saturated heterocycles. The first-order valence-electron chi connectivity index (χ1n) is 4.10. The monoisotopic (exact) mass is 208 g/mol. The highest BCUT2D eigenvalue weighted by atomic mass is 16.5. The van der Waals surface area contributed by atoms with Gasteiger partial charge in [0.05, 0.1) is 6.61 Å². The average molecular weight is 208 g/mol. The van der Waals surface area contributed by atoms with Gasteiger partial charge in [-0.3, -0.25) is 0 Å². The molecule has 0 aromatic heterocycles. The van der Waals surface area contributed by atoms with Crippen LogP contribution >= 0.6 is 0 Å². The molecule has 0 heterocycles. The predicted octanol–water partition coefficient (Wildman–Crippen LogP) is -2.07. The van der Waals surface area contributed by atoms with E-state index < -0.39 is 31.0 Å². The van der Waals surface area contributed by atoms with E-state index in [0.29, 0.717) is 6.29 Å². The summed E-state index contributed by atoms with van der Waals surface area (Å²) in [5.41, 5.74) is 0. The summed E-state index contributed by atoms with van der Waals surface area (Å²) < 4.78 is 9.52. The maximum absolute atomic E-state index is 10.5. The van der Waals surface area contributed by atoms with Gasteiger partial charge in [0.15, 0.2) is 6.29 Å². The van der Waals surface area contributed by atoms with Crippen molar-refractivity contribution >= 4 is 6.29 Å². The van der Waals surface area contributed by atoms with Crippen LogP contribution in [0.25, 0.3) is 0 Å². The molecule has 0 aromatic carbocycles. The number of aliphatic hydroxyl groups is 3. The first kappa shape index (κ1) is 13.5. The number of methoxy groups -OCH3 is 2. The standard InChI is InChI=1S/C8H16O6/c1-13-6(4-10)8(14-2)7(12)5(11)3-9/h4-9,11-12H,3H2,1-2H3/t5-,6+,7+,8-/m1/s1. The Bertz CT molecular complexity index is 162. The Hall–Kier alpha value is -0.530. The molecule has 84 valence electrons. The lowest BCUT2D eigenvalue weighted by Gasteiger charge is -2.27. The van der Waals surface area contributed by atoms with Gasteiger partial charge in [-0.1, -0.05) is 0 Å². The van der Waals surface area contributed by atoms with Crippen molar-refractivity contribution < 1.29 is 29.6 Å². The minimum atomic E-state index is -1.37.